The Hall–Kier alpha value is -15.6. The number of likely N-dealkylation sites (N-methyl/N-ethyl adjacent to an activating group) is 1. The van der Waals surface area contributed by atoms with Crippen LogP contribution in [0.25, 0.3) is 32.1 Å². The van der Waals surface area contributed by atoms with Crippen molar-refractivity contribution in [3.63, 3.8) is 0 Å². The summed E-state index contributed by atoms with van der Waals surface area (Å²) in [4.78, 5) is 262. The molecule has 9 rings (SSSR count). The van der Waals surface area contributed by atoms with Gasteiger partial charge in [0.25, 0.3) is 0 Å². The number of nitrogens with two attached hydrogens (primary N) is 3. The van der Waals surface area contributed by atoms with E-state index in [1.54, 1.807) is 106 Å². The van der Waals surface area contributed by atoms with E-state index in [9.17, 15) is 48.9 Å². The molecule has 0 bridgehead atoms. The molecule has 0 spiro atoms. The highest BCUT2D eigenvalue weighted by Gasteiger charge is 2.42. The summed E-state index contributed by atoms with van der Waals surface area (Å²) in [5.41, 5.74) is 21.1. The molecule has 8 aromatic rings. The van der Waals surface area contributed by atoms with Gasteiger partial charge in [-0.25, -0.2) is 4.98 Å². The molecule has 15 atom stereocenters. The molecule has 146 heavy (non-hydrogen) atoms. The van der Waals surface area contributed by atoms with Gasteiger partial charge in [-0.2, -0.15) is 0 Å². The van der Waals surface area contributed by atoms with E-state index in [4.69, 9.17) is 28.0 Å². The summed E-state index contributed by atoms with van der Waals surface area (Å²) < 4.78 is 0.799. The number of amides is 16. The Balaban J connectivity index is 1.13. The minimum Gasteiger partial charge on any atom is -0.508 e. The Kier molecular flexibility index (Phi) is 43.2. The topological polar surface area (TPSA) is 717 Å². The SMILES string of the molecule is CC(C)C[C@@H]1NC(=O)[C@H](CCCNC(=N)N)NC(=O)[C@H](Cc2csc3ccccc23)NC(=O)[C@H](C)N(C)C(=O)[C@H](CCCNC(=N)N)NC(=O)[C@H](Cc2ccc(-c3ccccc3)cc2)NC(=O)[C@H](C(C)C)NC(=O)[C@H](Cc2c[nH]c3ccccc23)NC(=O)[C@H](CC(=O)O)NC(=O)[C@H](Cc2ccc(O)cc2)NC(=O)[C@H](Cc2cnc[nH]2)NC(=O)CSC[C@@H](C(=O)N[C@@H](C)C(N)=O)NC(=O)[C@H](CO)NC(=O)[C@H](C(C)C)NC1=O. The number of aliphatic carboxylic acids is 1. The summed E-state index contributed by atoms with van der Waals surface area (Å²) in [5.74, 6) is -22.5. The zero-order valence-corrected chi connectivity index (χ0v) is 84.0. The van der Waals surface area contributed by atoms with Crippen molar-refractivity contribution in [3.8, 4) is 16.9 Å². The summed E-state index contributed by atoms with van der Waals surface area (Å²) in [6, 6.07) is 10.9. The smallest absolute Gasteiger partial charge is 0.305 e. The lowest BCUT2D eigenvalue weighted by Crippen LogP contribution is -2.62. The lowest BCUT2D eigenvalue weighted by Gasteiger charge is -2.32. The van der Waals surface area contributed by atoms with E-state index in [1.807, 2.05) is 36.4 Å². The first-order chi connectivity index (χ1) is 69.4. The van der Waals surface area contributed by atoms with Crippen LogP contribution in [0.4, 0.5) is 0 Å². The third-order valence-corrected chi connectivity index (χ3v) is 26.3. The Morgan fingerprint density at radius 3 is 1.51 bits per heavy atom. The molecule has 1 saturated heterocycles. The number of thioether (sulfide) groups is 1. The number of para-hydroxylation sites is 1. The molecule has 16 amide bonds. The molecule has 0 radical (unpaired) electrons. The highest BCUT2D eigenvalue weighted by Crippen LogP contribution is 2.29. The number of hydrogen-bond acceptors (Lipinski definition) is 24. The number of carbonyl (C=O) groups excluding carboxylic acids is 16. The second-order valence-corrected chi connectivity index (χ2v) is 38.7. The fraction of sp³-hybridized carbons (Fsp3) is 0.434. The number of nitrogens with zero attached hydrogens (tertiary/aromatic N) is 2. The lowest BCUT2D eigenvalue weighted by atomic mass is 9.98. The van der Waals surface area contributed by atoms with E-state index in [-0.39, 0.29) is 93.8 Å². The number of aliphatic hydroxyl groups is 1. The van der Waals surface area contributed by atoms with Gasteiger partial charge in [-0.15, -0.1) is 23.1 Å². The number of aliphatic hydroxyl groups excluding tert-OH is 1. The number of carbonyl (C=O) groups is 17. The molecular weight excluding hydrogens is 1920 g/mol. The molecule has 1 aliphatic heterocycles. The zero-order valence-electron chi connectivity index (χ0n) is 82.4. The fourth-order valence-corrected chi connectivity index (χ4v) is 17.8. The van der Waals surface area contributed by atoms with Crippen LogP contribution in [0.15, 0.2) is 151 Å². The van der Waals surface area contributed by atoms with Crippen molar-refractivity contribution in [2.24, 2.45) is 35.0 Å². The van der Waals surface area contributed by atoms with Gasteiger partial charge >= 0.3 is 5.97 Å². The van der Waals surface area contributed by atoms with Gasteiger partial charge in [0, 0.05) is 91.7 Å². The van der Waals surface area contributed by atoms with Gasteiger partial charge in [-0.3, -0.25) is 92.3 Å². The van der Waals surface area contributed by atoms with Crippen molar-refractivity contribution in [1.82, 2.24) is 105 Å². The predicted molar refractivity (Wildman–Crippen MR) is 545 cm³/mol. The predicted octanol–water partition coefficient (Wildman–Crippen LogP) is -0.771. The fourth-order valence-electron chi connectivity index (χ4n) is 16.0. The van der Waals surface area contributed by atoms with Crippen LogP contribution in [-0.2, 0) is 114 Å². The molecule has 784 valence electrons. The molecule has 0 saturated carbocycles. The Bertz CT molecular complexity index is 5930. The van der Waals surface area contributed by atoms with E-state index in [0.29, 0.717) is 44.7 Å². The Labute approximate surface area is 850 Å². The van der Waals surface area contributed by atoms with Crippen LogP contribution in [0.3, 0.4) is 0 Å². The molecule has 45 nitrogen and oxygen atoms in total. The zero-order chi connectivity index (χ0) is 107. The van der Waals surface area contributed by atoms with Crippen LogP contribution in [0.1, 0.15) is 122 Å². The number of aromatic hydroxyl groups is 1. The number of carboxylic acids is 1. The van der Waals surface area contributed by atoms with E-state index in [1.165, 1.54) is 82.9 Å². The maximum absolute atomic E-state index is 15.7. The minimum atomic E-state index is -2.10. The number of aromatic nitrogens is 3. The molecule has 3 aromatic heterocycles. The van der Waals surface area contributed by atoms with Gasteiger partial charge in [-0.05, 0) is 132 Å². The number of primary amides is 1. The molecule has 0 aliphatic carbocycles. The monoisotopic (exact) mass is 2050 g/mol. The molecular formula is C99H131N25O20S2. The summed E-state index contributed by atoms with van der Waals surface area (Å²) in [5, 5.41) is 92.6. The molecule has 4 heterocycles. The van der Waals surface area contributed by atoms with E-state index in [0.717, 1.165) is 20.7 Å². The van der Waals surface area contributed by atoms with Crippen LogP contribution < -0.4 is 102 Å². The van der Waals surface area contributed by atoms with Crippen molar-refractivity contribution >= 4 is 156 Å². The quantitative estimate of drug-likeness (QED) is 0.0155. The van der Waals surface area contributed by atoms with E-state index < -0.39 is 246 Å². The summed E-state index contributed by atoms with van der Waals surface area (Å²) in [6.07, 6.45) is 0.741. The maximum Gasteiger partial charge on any atom is 0.305 e. The standard InChI is InChI=1S/C99H131N25O20S2/c1-51(2)37-69-91(138)122-82(53(5)6)96(143)120-76(46-125)93(140)121-77(94(141)110-54(7)83(100)130)48-145-49-79(127)111-74(42-62-45-105-50-109-62)89(136)116-70(39-57-29-33-63(126)34-30-57)87(134)118-75(43-80(128)129)90(137)117-72(40-60-44-108-66-23-15-13-21-64(60)66)92(139)123-81(52(3)4)95(142)119-71(38-56-27-31-59(32-28-56)58-19-11-10-12-20-58)86(133)113-68(25-18-36-107-99(103)104)97(144)124(9)55(8)84(131)114-73(41-61-47-146-78-26-16-14-22-65(61)78)88(135)112-67(85(132)115-69)24-17-35-106-98(101)102/h10-16,19-23,26-34,44-45,47,50-55,67-77,81-82,108,125-126H,17-18,24-25,35-43,46,48-49H2,1-9H3,(H2,100,130)(H,105,109)(H,110,141)(H,111,127)(H,112,135)(H,113,133)(H,114,131)(H,115,132)(H,116,136)(H,117,137)(H,118,134)(H,119,142)(H,120,143)(H,121,140)(H,122,138)(H,123,139)(H,128,129)(H4,101,102,106)(H4,103,104,107)/t54-,55-,67-,68-,69-,70-,71-,72-,73-,74-,75-,76-,77-,81-,82-/m0/s1. The number of H-pyrrole nitrogens is 2. The Morgan fingerprint density at radius 2 is 0.952 bits per heavy atom. The number of nitrogens with one attached hydrogen (secondary N) is 20. The number of carboxylic acid groups (broad SMARTS) is 1. The second-order valence-electron chi connectivity index (χ2n) is 36.8. The van der Waals surface area contributed by atoms with E-state index >= 15 is 47.9 Å². The van der Waals surface area contributed by atoms with Crippen LogP contribution in [0, 0.1) is 28.6 Å². The van der Waals surface area contributed by atoms with Crippen LogP contribution >= 0.6 is 23.1 Å². The summed E-state index contributed by atoms with van der Waals surface area (Å²) in [7, 11) is 1.27. The van der Waals surface area contributed by atoms with Crippen LogP contribution in [0.5, 0.6) is 5.75 Å². The third-order valence-electron chi connectivity index (χ3n) is 24.2. The second kappa shape index (κ2) is 55.3. The number of aromatic amines is 2. The number of phenolic OH excluding ortho intramolecular Hbond substituents is 1. The van der Waals surface area contributed by atoms with Crippen LogP contribution in [-0.4, -0.2) is 276 Å². The van der Waals surface area contributed by atoms with Gasteiger partial charge in [-0.1, -0.05) is 145 Å². The number of thiophene rings is 1. The van der Waals surface area contributed by atoms with Crippen molar-refractivity contribution in [3.05, 3.63) is 179 Å². The molecule has 5 aromatic carbocycles. The molecule has 1 fully saturated rings. The number of phenols is 1. The number of benzene rings is 5. The Morgan fingerprint density at radius 1 is 0.493 bits per heavy atom. The largest absolute Gasteiger partial charge is 0.508 e. The van der Waals surface area contributed by atoms with Crippen LogP contribution in [0.2, 0.25) is 0 Å². The maximum atomic E-state index is 15.7. The molecule has 1 aliphatic rings. The van der Waals surface area contributed by atoms with Crippen molar-refractivity contribution < 1.29 is 96.8 Å². The average Bonchev–Trinajstić information content (AvgIpc) is 1.67. The summed E-state index contributed by atoms with van der Waals surface area (Å²) in [6.45, 7) is 11.0. The first kappa shape index (κ1) is 114. The van der Waals surface area contributed by atoms with Crippen molar-refractivity contribution in [1.29, 1.82) is 10.8 Å². The normalized spacial score (nSPS) is 22.4. The average molecular weight is 2060 g/mol. The number of hydrogen-bond donors (Lipinski definition) is 26. The minimum absolute atomic E-state index is 0.0139. The highest BCUT2D eigenvalue weighted by molar-refractivity contribution is 8.00. The van der Waals surface area contributed by atoms with Crippen molar-refractivity contribution in [2.75, 3.05) is 38.2 Å². The van der Waals surface area contributed by atoms with Crippen molar-refractivity contribution in [2.45, 2.75) is 217 Å². The van der Waals surface area contributed by atoms with Gasteiger partial charge in [0.05, 0.1) is 25.1 Å². The van der Waals surface area contributed by atoms with Gasteiger partial charge in [0.15, 0.2) is 11.9 Å². The van der Waals surface area contributed by atoms with Gasteiger partial charge < -0.3 is 132 Å². The molecule has 29 N–H and O–H groups in total. The first-order valence-corrected chi connectivity index (χ1v) is 49.7. The molecule has 0 unspecified atom stereocenters. The third kappa shape index (κ3) is 34.6. The highest BCUT2D eigenvalue weighted by atomic mass is 32.2. The lowest BCUT2D eigenvalue weighted by molar-refractivity contribution is -0.142. The van der Waals surface area contributed by atoms with Gasteiger partial charge in [0.2, 0.25) is 94.5 Å². The summed E-state index contributed by atoms with van der Waals surface area (Å²) >= 11 is 2.02. The number of imidazole rings is 1. The van der Waals surface area contributed by atoms with Gasteiger partial charge in [0.1, 0.15) is 96.4 Å². The number of rotatable bonds is 29. The first-order valence-electron chi connectivity index (χ1n) is 47.7. The molecule has 47 heteroatoms. The van der Waals surface area contributed by atoms with E-state index in [2.05, 4.69) is 100 Å². The number of guanidine groups is 2. The number of fused-ring (bicyclic) bond motifs is 2.